The minimum atomic E-state index is 0.301. The molecule has 3 rings (SSSR count). The van der Waals surface area contributed by atoms with Gasteiger partial charge in [-0.15, -0.1) is 0 Å². The van der Waals surface area contributed by atoms with Gasteiger partial charge in [0.1, 0.15) is 5.15 Å². The van der Waals surface area contributed by atoms with Crippen LogP contribution in [0, 0.1) is 6.92 Å². The molecule has 0 aromatic carbocycles. The molecule has 6 heteroatoms. The molecule has 1 aromatic rings. The number of halogens is 1. The maximum atomic E-state index is 12.2. The number of likely N-dealkylation sites (tertiary alicyclic amines) is 2. The Bertz CT molecular complexity index is 585. The molecule has 5 nitrogen and oxygen atoms in total. The molecule has 2 aliphatic rings. The second-order valence-electron chi connectivity index (χ2n) is 6.81. The Morgan fingerprint density at radius 1 is 1.26 bits per heavy atom. The van der Waals surface area contributed by atoms with Crippen LogP contribution in [0.2, 0.25) is 5.15 Å². The fourth-order valence-electron chi connectivity index (χ4n) is 4.25. The smallest absolute Gasteiger partial charge is 0.222 e. The van der Waals surface area contributed by atoms with Crippen LogP contribution < -0.4 is 0 Å². The van der Waals surface area contributed by atoms with E-state index in [0.717, 1.165) is 48.9 Å². The third-order valence-corrected chi connectivity index (χ3v) is 5.88. The number of rotatable bonds is 4. The van der Waals surface area contributed by atoms with Gasteiger partial charge in [0.25, 0.3) is 0 Å². The molecule has 2 atom stereocenters. The van der Waals surface area contributed by atoms with Gasteiger partial charge in [0.05, 0.1) is 5.69 Å². The van der Waals surface area contributed by atoms with Crippen molar-refractivity contribution >= 4 is 17.5 Å². The molecular formula is C17H27ClN4O. The van der Waals surface area contributed by atoms with E-state index in [4.69, 9.17) is 11.6 Å². The number of carbonyl (C=O) groups excluding carboxylic acids is 1. The van der Waals surface area contributed by atoms with Gasteiger partial charge in [0.2, 0.25) is 5.91 Å². The van der Waals surface area contributed by atoms with Gasteiger partial charge in [-0.25, -0.2) is 0 Å². The molecule has 2 fully saturated rings. The highest BCUT2D eigenvalue weighted by Crippen LogP contribution is 2.32. The Labute approximate surface area is 143 Å². The molecule has 1 aromatic heterocycles. The van der Waals surface area contributed by atoms with Crippen LogP contribution in [0.15, 0.2) is 0 Å². The Morgan fingerprint density at radius 3 is 2.61 bits per heavy atom. The number of nitrogens with zero attached hydrogens (tertiary/aromatic N) is 4. The van der Waals surface area contributed by atoms with Gasteiger partial charge in [-0.3, -0.25) is 14.4 Å². The van der Waals surface area contributed by atoms with E-state index in [2.05, 4.69) is 14.9 Å². The number of carbonyl (C=O) groups is 1. The van der Waals surface area contributed by atoms with Crippen molar-refractivity contribution in [2.45, 2.75) is 64.6 Å². The molecule has 0 spiro atoms. The molecule has 2 unspecified atom stereocenters. The maximum absolute atomic E-state index is 12.2. The average molecular weight is 339 g/mol. The van der Waals surface area contributed by atoms with Gasteiger partial charge < -0.3 is 4.90 Å². The van der Waals surface area contributed by atoms with Crippen LogP contribution in [-0.2, 0) is 18.4 Å². The second kappa shape index (κ2) is 6.81. The van der Waals surface area contributed by atoms with Gasteiger partial charge in [-0.1, -0.05) is 18.5 Å². The highest BCUT2D eigenvalue weighted by molar-refractivity contribution is 6.30. The van der Waals surface area contributed by atoms with Crippen LogP contribution in [0.5, 0.6) is 0 Å². The lowest BCUT2D eigenvalue weighted by Crippen LogP contribution is -2.47. The number of aryl methyl sites for hydroxylation is 2. The summed E-state index contributed by atoms with van der Waals surface area (Å²) in [5, 5.41) is 5.16. The van der Waals surface area contributed by atoms with E-state index >= 15 is 0 Å². The van der Waals surface area contributed by atoms with Gasteiger partial charge >= 0.3 is 0 Å². The van der Waals surface area contributed by atoms with Crippen LogP contribution in [0.25, 0.3) is 0 Å². The van der Waals surface area contributed by atoms with Crippen LogP contribution in [0.3, 0.4) is 0 Å². The first-order valence-corrected chi connectivity index (χ1v) is 9.12. The Hall–Kier alpha value is -1.07. The molecule has 23 heavy (non-hydrogen) atoms. The summed E-state index contributed by atoms with van der Waals surface area (Å²) in [6.45, 7) is 6.83. The summed E-state index contributed by atoms with van der Waals surface area (Å²) >= 11 is 6.41. The zero-order valence-corrected chi connectivity index (χ0v) is 15.1. The third kappa shape index (κ3) is 3.13. The van der Waals surface area contributed by atoms with Crippen molar-refractivity contribution in [3.63, 3.8) is 0 Å². The number of hydrogen-bond donors (Lipinski definition) is 0. The van der Waals surface area contributed by atoms with Crippen molar-refractivity contribution in [1.29, 1.82) is 0 Å². The third-order valence-electron chi connectivity index (χ3n) is 5.41. The Balaban J connectivity index is 1.76. The molecule has 0 bridgehead atoms. The summed E-state index contributed by atoms with van der Waals surface area (Å²) in [6.07, 6.45) is 5.25. The van der Waals surface area contributed by atoms with Crippen molar-refractivity contribution in [3.05, 3.63) is 16.4 Å². The van der Waals surface area contributed by atoms with Crippen molar-refractivity contribution in [1.82, 2.24) is 19.6 Å². The lowest BCUT2D eigenvalue weighted by Gasteiger charge is -2.35. The van der Waals surface area contributed by atoms with E-state index < -0.39 is 0 Å². The van der Waals surface area contributed by atoms with Gasteiger partial charge in [0, 0.05) is 44.2 Å². The minimum absolute atomic E-state index is 0.301. The lowest BCUT2D eigenvalue weighted by molar-refractivity contribution is -0.132. The fraction of sp³-hybridized carbons (Fsp3) is 0.765. The first-order valence-electron chi connectivity index (χ1n) is 8.74. The number of hydrogen-bond acceptors (Lipinski definition) is 3. The minimum Gasteiger partial charge on any atom is -0.338 e. The van der Waals surface area contributed by atoms with Crippen LogP contribution in [0.4, 0.5) is 0 Å². The first-order chi connectivity index (χ1) is 11.0. The largest absolute Gasteiger partial charge is 0.338 e. The van der Waals surface area contributed by atoms with E-state index in [1.807, 2.05) is 20.9 Å². The van der Waals surface area contributed by atoms with Crippen LogP contribution in [-0.4, -0.2) is 50.7 Å². The topological polar surface area (TPSA) is 41.4 Å². The van der Waals surface area contributed by atoms with E-state index in [1.54, 1.807) is 4.68 Å². The summed E-state index contributed by atoms with van der Waals surface area (Å²) in [5.41, 5.74) is 2.14. The molecule has 1 amide bonds. The first kappa shape index (κ1) is 16.8. The molecular weight excluding hydrogens is 312 g/mol. The van der Waals surface area contributed by atoms with E-state index in [1.165, 1.54) is 12.8 Å². The quantitative estimate of drug-likeness (QED) is 0.847. The van der Waals surface area contributed by atoms with Crippen LogP contribution >= 0.6 is 11.6 Å². The van der Waals surface area contributed by atoms with Crippen molar-refractivity contribution in [2.24, 2.45) is 7.05 Å². The fourth-order valence-corrected chi connectivity index (χ4v) is 4.48. The SMILES string of the molecule is CCC(=O)N1CCCC1C1CCCN1Cc1c(C)nn(C)c1Cl. The number of amides is 1. The monoisotopic (exact) mass is 338 g/mol. The Kier molecular flexibility index (Phi) is 4.97. The van der Waals surface area contributed by atoms with E-state index in [-0.39, 0.29) is 0 Å². The van der Waals surface area contributed by atoms with E-state index in [0.29, 0.717) is 24.4 Å². The highest BCUT2D eigenvalue weighted by atomic mass is 35.5. The summed E-state index contributed by atoms with van der Waals surface area (Å²) in [4.78, 5) is 16.9. The number of aromatic nitrogens is 2. The summed E-state index contributed by atoms with van der Waals surface area (Å²) in [5.74, 6) is 0.301. The predicted molar refractivity (Wildman–Crippen MR) is 91.4 cm³/mol. The second-order valence-corrected chi connectivity index (χ2v) is 7.17. The van der Waals surface area contributed by atoms with E-state index in [9.17, 15) is 4.79 Å². The summed E-state index contributed by atoms with van der Waals surface area (Å²) in [7, 11) is 1.89. The van der Waals surface area contributed by atoms with Crippen molar-refractivity contribution < 1.29 is 4.79 Å². The average Bonchev–Trinajstić information content (AvgIpc) is 3.23. The highest BCUT2D eigenvalue weighted by Gasteiger charge is 2.39. The zero-order chi connectivity index (χ0) is 16.6. The van der Waals surface area contributed by atoms with Gasteiger partial charge in [-0.2, -0.15) is 5.10 Å². The maximum Gasteiger partial charge on any atom is 0.222 e. The Morgan fingerprint density at radius 2 is 1.96 bits per heavy atom. The molecule has 2 aliphatic heterocycles. The standard InChI is InChI=1S/C17H27ClN4O/c1-4-16(23)22-10-6-8-15(22)14-7-5-9-21(14)11-13-12(2)19-20(3)17(13)18/h14-15H,4-11H2,1-3H3. The zero-order valence-electron chi connectivity index (χ0n) is 14.4. The predicted octanol–water partition coefficient (Wildman–Crippen LogP) is 2.75. The van der Waals surface area contributed by atoms with Gasteiger partial charge in [-0.05, 0) is 39.2 Å². The molecule has 2 saturated heterocycles. The molecule has 3 heterocycles. The molecule has 0 N–H and O–H groups in total. The van der Waals surface area contributed by atoms with Crippen LogP contribution in [0.1, 0.15) is 50.3 Å². The normalized spacial score (nSPS) is 25.5. The van der Waals surface area contributed by atoms with Crippen molar-refractivity contribution in [2.75, 3.05) is 13.1 Å². The lowest BCUT2D eigenvalue weighted by atomic mass is 10.0. The molecule has 128 valence electrons. The molecule has 0 saturated carbocycles. The summed E-state index contributed by atoms with van der Waals surface area (Å²) in [6, 6.07) is 0.837. The van der Waals surface area contributed by atoms with Gasteiger partial charge in [0.15, 0.2) is 0 Å². The molecule has 0 aliphatic carbocycles. The summed E-state index contributed by atoms with van der Waals surface area (Å²) < 4.78 is 1.75. The molecule has 0 radical (unpaired) electrons. The van der Waals surface area contributed by atoms with Crippen molar-refractivity contribution in [3.8, 4) is 0 Å².